The molecule has 4 heteroatoms. The summed E-state index contributed by atoms with van der Waals surface area (Å²) in [6, 6.07) is 8.25. The molecule has 0 N–H and O–H groups in total. The molecule has 1 saturated heterocycles. The molecule has 1 aliphatic rings. The zero-order valence-electron chi connectivity index (χ0n) is 7.20. The molecule has 0 unspecified atom stereocenters. The summed E-state index contributed by atoms with van der Waals surface area (Å²) >= 11 is 3.40. The van der Waals surface area contributed by atoms with Crippen LogP contribution in [0, 0.1) is 0 Å². The lowest BCUT2D eigenvalue weighted by Gasteiger charge is -2.04. The molecule has 0 atom stereocenters. The SMILES string of the molecule is BrCc1ccc(B2OCCO2)cc1. The molecule has 0 aliphatic carbocycles. The summed E-state index contributed by atoms with van der Waals surface area (Å²) in [4.78, 5) is 0. The molecule has 1 heterocycles. The average Bonchev–Trinajstić information content (AvgIpc) is 2.71. The number of benzene rings is 1. The summed E-state index contributed by atoms with van der Waals surface area (Å²) in [5.74, 6) is 0. The Kier molecular flexibility index (Phi) is 3.03. The average molecular weight is 241 g/mol. The highest BCUT2D eigenvalue weighted by atomic mass is 79.9. The first-order valence-corrected chi connectivity index (χ1v) is 5.40. The van der Waals surface area contributed by atoms with Gasteiger partial charge in [-0.25, -0.2) is 0 Å². The molecular formula is C9H10BBrO2. The molecule has 0 bridgehead atoms. The Morgan fingerprint density at radius 1 is 1.15 bits per heavy atom. The fraction of sp³-hybridized carbons (Fsp3) is 0.333. The highest BCUT2D eigenvalue weighted by molar-refractivity contribution is 9.08. The van der Waals surface area contributed by atoms with E-state index in [4.69, 9.17) is 9.31 Å². The van der Waals surface area contributed by atoms with Gasteiger partial charge in [-0.3, -0.25) is 0 Å². The number of hydrogen-bond donors (Lipinski definition) is 0. The maximum atomic E-state index is 5.38. The second-order valence-electron chi connectivity index (χ2n) is 2.95. The van der Waals surface area contributed by atoms with Gasteiger partial charge < -0.3 is 9.31 Å². The number of rotatable bonds is 2. The fourth-order valence-electron chi connectivity index (χ4n) is 1.31. The van der Waals surface area contributed by atoms with Crippen molar-refractivity contribution in [3.63, 3.8) is 0 Å². The molecule has 0 aromatic heterocycles. The molecule has 0 amide bonds. The van der Waals surface area contributed by atoms with Crippen molar-refractivity contribution in [3.05, 3.63) is 29.8 Å². The predicted molar refractivity (Wildman–Crippen MR) is 56.4 cm³/mol. The minimum Gasteiger partial charge on any atom is -0.405 e. The van der Waals surface area contributed by atoms with Gasteiger partial charge in [0.05, 0.1) is 13.2 Å². The van der Waals surface area contributed by atoms with Crippen LogP contribution < -0.4 is 5.46 Å². The predicted octanol–water partition coefficient (Wildman–Crippen LogP) is 1.32. The molecule has 2 nitrogen and oxygen atoms in total. The monoisotopic (exact) mass is 240 g/mol. The maximum Gasteiger partial charge on any atom is 0.494 e. The topological polar surface area (TPSA) is 18.5 Å². The highest BCUT2D eigenvalue weighted by Gasteiger charge is 2.25. The van der Waals surface area contributed by atoms with E-state index in [9.17, 15) is 0 Å². The van der Waals surface area contributed by atoms with Crippen molar-refractivity contribution in [1.82, 2.24) is 0 Å². The Labute approximate surface area is 86.5 Å². The number of halogens is 1. The third kappa shape index (κ3) is 2.13. The van der Waals surface area contributed by atoms with E-state index in [0.29, 0.717) is 13.2 Å². The smallest absolute Gasteiger partial charge is 0.405 e. The van der Waals surface area contributed by atoms with Crippen molar-refractivity contribution < 1.29 is 9.31 Å². The fourth-order valence-corrected chi connectivity index (χ4v) is 1.69. The molecule has 1 aromatic carbocycles. The van der Waals surface area contributed by atoms with E-state index in [-0.39, 0.29) is 7.12 Å². The van der Waals surface area contributed by atoms with Gasteiger partial charge in [0.25, 0.3) is 0 Å². The molecule has 0 spiro atoms. The summed E-state index contributed by atoms with van der Waals surface area (Å²) in [6.45, 7) is 1.40. The van der Waals surface area contributed by atoms with Gasteiger partial charge in [-0.2, -0.15) is 0 Å². The van der Waals surface area contributed by atoms with E-state index in [0.717, 1.165) is 10.8 Å². The zero-order valence-corrected chi connectivity index (χ0v) is 8.79. The van der Waals surface area contributed by atoms with Crippen LogP contribution in [0.5, 0.6) is 0 Å². The van der Waals surface area contributed by atoms with Gasteiger partial charge in [0.1, 0.15) is 0 Å². The summed E-state index contributed by atoms with van der Waals surface area (Å²) in [5.41, 5.74) is 2.36. The molecular weight excluding hydrogens is 231 g/mol. The molecule has 1 aliphatic heterocycles. The molecule has 13 heavy (non-hydrogen) atoms. The van der Waals surface area contributed by atoms with E-state index in [1.807, 2.05) is 12.1 Å². The molecule has 1 fully saturated rings. The molecule has 0 radical (unpaired) electrons. The normalized spacial score (nSPS) is 16.5. The van der Waals surface area contributed by atoms with E-state index >= 15 is 0 Å². The molecule has 68 valence electrons. The van der Waals surface area contributed by atoms with Crippen LogP contribution in [0.3, 0.4) is 0 Å². The Balaban J connectivity index is 2.12. The highest BCUT2D eigenvalue weighted by Crippen LogP contribution is 2.05. The third-order valence-corrected chi connectivity index (χ3v) is 2.68. The molecule has 1 aromatic rings. The summed E-state index contributed by atoms with van der Waals surface area (Å²) in [7, 11) is -0.149. The van der Waals surface area contributed by atoms with Crippen LogP contribution in [0.4, 0.5) is 0 Å². The lowest BCUT2D eigenvalue weighted by Crippen LogP contribution is -2.31. The second kappa shape index (κ2) is 4.27. The summed E-state index contributed by atoms with van der Waals surface area (Å²) in [6.07, 6.45) is 0. The number of alkyl halides is 1. The van der Waals surface area contributed by atoms with Gasteiger partial charge in [0, 0.05) is 5.33 Å². The van der Waals surface area contributed by atoms with Crippen molar-refractivity contribution in [1.29, 1.82) is 0 Å². The standard InChI is InChI=1S/C9H10BBrO2/c11-7-8-1-3-9(4-2-8)10-12-5-6-13-10/h1-4H,5-7H2. The van der Waals surface area contributed by atoms with E-state index in [1.54, 1.807) is 0 Å². The first-order valence-electron chi connectivity index (χ1n) is 4.28. The first-order chi connectivity index (χ1) is 6.40. The lowest BCUT2D eigenvalue weighted by molar-refractivity contribution is 0.365. The van der Waals surface area contributed by atoms with Crippen LogP contribution in [-0.2, 0) is 14.6 Å². The largest absolute Gasteiger partial charge is 0.494 e. The van der Waals surface area contributed by atoms with Crippen LogP contribution in [-0.4, -0.2) is 20.3 Å². The minimum atomic E-state index is -0.149. The maximum absolute atomic E-state index is 5.38. The van der Waals surface area contributed by atoms with Crippen LogP contribution in [0.1, 0.15) is 5.56 Å². The van der Waals surface area contributed by atoms with Gasteiger partial charge in [0.2, 0.25) is 0 Å². The summed E-state index contributed by atoms with van der Waals surface area (Å²) < 4.78 is 10.8. The molecule has 2 rings (SSSR count). The molecule has 0 saturated carbocycles. The Bertz CT molecular complexity index is 269. The van der Waals surface area contributed by atoms with Crippen LogP contribution in [0.25, 0.3) is 0 Å². The van der Waals surface area contributed by atoms with E-state index in [1.165, 1.54) is 5.56 Å². The van der Waals surface area contributed by atoms with E-state index in [2.05, 4.69) is 28.1 Å². The van der Waals surface area contributed by atoms with Crippen molar-refractivity contribution in [2.75, 3.05) is 13.2 Å². The second-order valence-corrected chi connectivity index (χ2v) is 3.51. The number of hydrogen-bond acceptors (Lipinski definition) is 2. The third-order valence-electron chi connectivity index (χ3n) is 2.03. The van der Waals surface area contributed by atoms with Gasteiger partial charge in [0.15, 0.2) is 0 Å². The first kappa shape index (κ1) is 9.25. The minimum absolute atomic E-state index is 0.149. The van der Waals surface area contributed by atoms with Crippen LogP contribution >= 0.6 is 15.9 Å². The van der Waals surface area contributed by atoms with Crippen molar-refractivity contribution in [2.24, 2.45) is 0 Å². The van der Waals surface area contributed by atoms with Crippen LogP contribution in [0.15, 0.2) is 24.3 Å². The summed E-state index contributed by atoms with van der Waals surface area (Å²) in [5, 5.41) is 0.889. The quantitative estimate of drug-likeness (QED) is 0.574. The van der Waals surface area contributed by atoms with Crippen molar-refractivity contribution in [2.45, 2.75) is 5.33 Å². The zero-order chi connectivity index (χ0) is 9.10. The van der Waals surface area contributed by atoms with Crippen molar-refractivity contribution in [3.8, 4) is 0 Å². The van der Waals surface area contributed by atoms with Gasteiger partial charge in [-0.15, -0.1) is 0 Å². The van der Waals surface area contributed by atoms with Gasteiger partial charge in [-0.1, -0.05) is 40.2 Å². The van der Waals surface area contributed by atoms with Crippen molar-refractivity contribution >= 4 is 28.5 Å². The van der Waals surface area contributed by atoms with E-state index < -0.39 is 0 Å². The Morgan fingerprint density at radius 2 is 1.77 bits per heavy atom. The Morgan fingerprint density at radius 3 is 2.31 bits per heavy atom. The lowest BCUT2D eigenvalue weighted by atomic mass is 9.79. The Hall–Kier alpha value is -0.315. The van der Waals surface area contributed by atoms with Gasteiger partial charge in [-0.05, 0) is 11.0 Å². The van der Waals surface area contributed by atoms with Crippen LogP contribution in [0.2, 0.25) is 0 Å². The van der Waals surface area contributed by atoms with Gasteiger partial charge >= 0.3 is 7.12 Å².